The average molecular weight is 309 g/mol. The van der Waals surface area contributed by atoms with Crippen molar-refractivity contribution in [3.05, 3.63) is 46.9 Å². The van der Waals surface area contributed by atoms with Crippen LogP contribution in [0.3, 0.4) is 0 Å². The summed E-state index contributed by atoms with van der Waals surface area (Å²) in [5.74, 6) is 0.565. The molecule has 0 atom stereocenters. The summed E-state index contributed by atoms with van der Waals surface area (Å²) in [6.07, 6.45) is 3.44. The summed E-state index contributed by atoms with van der Waals surface area (Å²) in [6.45, 7) is 0. The van der Waals surface area contributed by atoms with Gasteiger partial charge in [-0.3, -0.25) is 10.1 Å². The van der Waals surface area contributed by atoms with Crippen LogP contribution in [0.25, 0.3) is 16.8 Å². The highest BCUT2D eigenvalue weighted by Crippen LogP contribution is 2.28. The number of ether oxygens (including phenoxy) is 1. The minimum Gasteiger partial charge on any atom is -0.497 e. The SMILES string of the molecule is COc1ccc2cc(C=C3SC(=NC#N)NC3=O)ccc2c1. The molecule has 2 aromatic rings. The predicted molar refractivity (Wildman–Crippen MR) is 87.3 cm³/mol. The maximum absolute atomic E-state index is 11.8. The first kappa shape index (κ1) is 14.2. The zero-order valence-electron chi connectivity index (χ0n) is 11.7. The number of nitrogens with one attached hydrogen (secondary N) is 1. The van der Waals surface area contributed by atoms with Gasteiger partial charge in [-0.05, 0) is 52.4 Å². The Morgan fingerprint density at radius 2 is 2.05 bits per heavy atom. The predicted octanol–water partition coefficient (Wildman–Crippen LogP) is 2.89. The van der Waals surface area contributed by atoms with Gasteiger partial charge < -0.3 is 4.74 Å². The molecule has 5 nitrogen and oxygen atoms in total. The summed E-state index contributed by atoms with van der Waals surface area (Å²) in [7, 11) is 1.64. The molecule has 22 heavy (non-hydrogen) atoms. The number of nitriles is 1. The van der Waals surface area contributed by atoms with E-state index < -0.39 is 0 Å². The van der Waals surface area contributed by atoms with Crippen LogP contribution in [0.4, 0.5) is 0 Å². The van der Waals surface area contributed by atoms with Crippen LogP contribution < -0.4 is 10.1 Å². The first-order valence-electron chi connectivity index (χ1n) is 6.45. The summed E-state index contributed by atoms with van der Waals surface area (Å²) in [5, 5.41) is 13.5. The minimum atomic E-state index is -0.242. The summed E-state index contributed by atoms with van der Waals surface area (Å²) < 4.78 is 5.20. The van der Waals surface area contributed by atoms with Crippen molar-refractivity contribution in [2.45, 2.75) is 0 Å². The van der Waals surface area contributed by atoms with Gasteiger partial charge >= 0.3 is 0 Å². The number of carbonyl (C=O) groups is 1. The lowest BCUT2D eigenvalue weighted by Crippen LogP contribution is -2.19. The Morgan fingerprint density at radius 3 is 2.82 bits per heavy atom. The van der Waals surface area contributed by atoms with Crippen molar-refractivity contribution in [3.63, 3.8) is 0 Å². The monoisotopic (exact) mass is 309 g/mol. The van der Waals surface area contributed by atoms with Gasteiger partial charge in [0.2, 0.25) is 6.19 Å². The standard InChI is InChI=1S/C16H11N3O2S/c1-21-13-5-4-11-6-10(2-3-12(11)8-13)7-14-15(20)19-16(22-14)18-9-17/h2-8H,1H3,(H,18,19,20). The lowest BCUT2D eigenvalue weighted by Gasteiger charge is -2.03. The van der Waals surface area contributed by atoms with E-state index in [0.29, 0.717) is 10.1 Å². The number of hydrogen-bond donors (Lipinski definition) is 1. The van der Waals surface area contributed by atoms with E-state index in [0.717, 1.165) is 33.8 Å². The molecule has 0 unspecified atom stereocenters. The van der Waals surface area contributed by atoms with E-state index in [9.17, 15) is 4.79 Å². The van der Waals surface area contributed by atoms with Crippen LogP contribution in [-0.2, 0) is 4.79 Å². The van der Waals surface area contributed by atoms with E-state index in [1.165, 1.54) is 0 Å². The number of amidine groups is 1. The van der Waals surface area contributed by atoms with E-state index in [4.69, 9.17) is 10.00 Å². The second-order valence-electron chi connectivity index (χ2n) is 4.55. The molecular weight excluding hydrogens is 298 g/mol. The molecule has 0 aliphatic carbocycles. The Hall–Kier alpha value is -2.78. The molecule has 6 heteroatoms. The topological polar surface area (TPSA) is 74.5 Å². The third kappa shape index (κ3) is 2.80. The van der Waals surface area contributed by atoms with Crippen molar-refractivity contribution >= 4 is 39.7 Å². The number of benzene rings is 2. The van der Waals surface area contributed by atoms with Crippen LogP contribution in [0.1, 0.15) is 5.56 Å². The fraction of sp³-hybridized carbons (Fsp3) is 0.0625. The van der Waals surface area contributed by atoms with Gasteiger partial charge in [-0.2, -0.15) is 5.26 Å². The normalized spacial score (nSPS) is 17.7. The molecule has 3 rings (SSSR count). The highest BCUT2D eigenvalue weighted by atomic mass is 32.2. The zero-order valence-corrected chi connectivity index (χ0v) is 12.5. The fourth-order valence-electron chi connectivity index (χ4n) is 2.14. The van der Waals surface area contributed by atoms with E-state index in [-0.39, 0.29) is 5.91 Å². The number of carbonyl (C=O) groups excluding carboxylic acids is 1. The average Bonchev–Trinajstić information content (AvgIpc) is 2.87. The third-order valence-electron chi connectivity index (χ3n) is 3.17. The Morgan fingerprint density at radius 1 is 1.27 bits per heavy atom. The van der Waals surface area contributed by atoms with Crippen LogP contribution in [-0.4, -0.2) is 18.2 Å². The lowest BCUT2D eigenvalue weighted by atomic mass is 10.1. The summed E-state index contributed by atoms with van der Waals surface area (Å²) >= 11 is 1.16. The van der Waals surface area contributed by atoms with Crippen molar-refractivity contribution < 1.29 is 9.53 Å². The van der Waals surface area contributed by atoms with Crippen molar-refractivity contribution in [2.75, 3.05) is 7.11 Å². The molecule has 108 valence electrons. The molecule has 1 N–H and O–H groups in total. The molecule has 1 fully saturated rings. The zero-order chi connectivity index (χ0) is 15.5. The van der Waals surface area contributed by atoms with Gasteiger partial charge in [0.15, 0.2) is 5.17 Å². The summed E-state index contributed by atoms with van der Waals surface area (Å²) in [6, 6.07) is 11.7. The van der Waals surface area contributed by atoms with Crippen LogP contribution in [0.5, 0.6) is 5.75 Å². The Bertz CT molecular complexity index is 865. The largest absolute Gasteiger partial charge is 0.497 e. The Labute approximate surface area is 131 Å². The number of methoxy groups -OCH3 is 1. The van der Waals surface area contributed by atoms with Crippen LogP contribution in [0.2, 0.25) is 0 Å². The molecular formula is C16H11N3O2S. The highest BCUT2D eigenvalue weighted by Gasteiger charge is 2.23. The number of hydrogen-bond acceptors (Lipinski definition) is 5. The summed E-state index contributed by atoms with van der Waals surface area (Å²) in [5.41, 5.74) is 0.911. The van der Waals surface area contributed by atoms with Crippen molar-refractivity contribution in [2.24, 2.45) is 4.99 Å². The van der Waals surface area contributed by atoms with E-state index in [1.807, 2.05) is 36.4 Å². The quantitative estimate of drug-likeness (QED) is 0.684. The molecule has 1 amide bonds. The van der Waals surface area contributed by atoms with Gasteiger partial charge in [0.05, 0.1) is 12.0 Å². The van der Waals surface area contributed by atoms with E-state index >= 15 is 0 Å². The number of aliphatic imine (C=N–C) groups is 1. The Balaban J connectivity index is 1.94. The van der Waals surface area contributed by atoms with Gasteiger partial charge in [-0.1, -0.05) is 18.2 Å². The molecule has 0 radical (unpaired) electrons. The fourth-order valence-corrected chi connectivity index (χ4v) is 2.91. The number of fused-ring (bicyclic) bond motifs is 1. The Kier molecular flexibility index (Phi) is 3.81. The first-order chi connectivity index (χ1) is 10.7. The van der Waals surface area contributed by atoms with Crippen LogP contribution in [0.15, 0.2) is 46.3 Å². The maximum Gasteiger partial charge on any atom is 0.264 e. The highest BCUT2D eigenvalue weighted by molar-refractivity contribution is 8.18. The molecule has 2 aromatic carbocycles. The second kappa shape index (κ2) is 5.92. The van der Waals surface area contributed by atoms with Gasteiger partial charge in [0.25, 0.3) is 5.91 Å². The van der Waals surface area contributed by atoms with Crippen LogP contribution >= 0.6 is 11.8 Å². The third-order valence-corrected chi connectivity index (χ3v) is 4.08. The number of thioether (sulfide) groups is 1. The van der Waals surface area contributed by atoms with Crippen molar-refractivity contribution in [1.29, 1.82) is 5.26 Å². The molecule has 0 saturated carbocycles. The van der Waals surface area contributed by atoms with Crippen LogP contribution in [0, 0.1) is 11.5 Å². The molecule has 1 saturated heterocycles. The van der Waals surface area contributed by atoms with Gasteiger partial charge in [0.1, 0.15) is 5.75 Å². The number of rotatable bonds is 2. The van der Waals surface area contributed by atoms with Gasteiger partial charge in [-0.25, -0.2) is 0 Å². The maximum atomic E-state index is 11.8. The second-order valence-corrected chi connectivity index (χ2v) is 5.58. The number of amides is 1. The van der Waals surface area contributed by atoms with Crippen molar-refractivity contribution in [3.8, 4) is 11.9 Å². The molecule has 0 bridgehead atoms. The molecule has 1 aliphatic heterocycles. The molecule has 1 aliphatic rings. The number of nitrogens with zero attached hydrogens (tertiary/aromatic N) is 2. The molecule has 0 spiro atoms. The van der Waals surface area contributed by atoms with Crippen molar-refractivity contribution in [1.82, 2.24) is 5.32 Å². The van der Waals surface area contributed by atoms with Gasteiger partial charge in [0, 0.05) is 0 Å². The van der Waals surface area contributed by atoms with E-state index in [2.05, 4.69) is 10.3 Å². The minimum absolute atomic E-state index is 0.242. The first-order valence-corrected chi connectivity index (χ1v) is 7.27. The molecule has 1 heterocycles. The van der Waals surface area contributed by atoms with E-state index in [1.54, 1.807) is 19.4 Å². The summed E-state index contributed by atoms with van der Waals surface area (Å²) in [4.78, 5) is 15.9. The van der Waals surface area contributed by atoms with Gasteiger partial charge in [-0.15, -0.1) is 4.99 Å². The molecule has 0 aromatic heterocycles. The lowest BCUT2D eigenvalue weighted by molar-refractivity contribution is -0.115. The smallest absolute Gasteiger partial charge is 0.264 e.